The van der Waals surface area contributed by atoms with Gasteiger partial charge in [-0.15, -0.1) is 0 Å². The molecule has 0 unspecified atom stereocenters. The molecular formula is C29H31Cl3N2O3. The molecule has 196 valence electrons. The van der Waals surface area contributed by atoms with Gasteiger partial charge < -0.3 is 15.0 Å². The first kappa shape index (κ1) is 28.8. The van der Waals surface area contributed by atoms with Crippen LogP contribution < -0.4 is 10.1 Å². The average molecular weight is 562 g/mol. The van der Waals surface area contributed by atoms with E-state index in [-0.39, 0.29) is 25.0 Å². The number of nitrogens with one attached hydrogen (secondary N) is 1. The molecule has 1 atom stereocenters. The number of nitrogens with zero attached hydrogens (tertiary/aromatic N) is 1. The summed E-state index contributed by atoms with van der Waals surface area (Å²) in [6.07, 6.45) is 2.15. The standard InChI is InChI=1S/C29H31Cl3N2O3/c1-3-4-14-33-29(36)27(17-21-8-6-5-7-9-21)34(18-22-10-12-25(31)26(32)16-22)28(35)19-37-23-11-13-24(30)20(2)15-23/h5-13,15-16,27H,3-4,14,17-19H2,1-2H3,(H,33,36)/t27-/m1/s1. The molecule has 0 fully saturated rings. The van der Waals surface area contributed by atoms with E-state index in [0.717, 1.165) is 29.5 Å². The number of unbranched alkanes of at least 4 members (excludes halogenated alkanes) is 1. The van der Waals surface area contributed by atoms with Gasteiger partial charge in [0.2, 0.25) is 5.91 Å². The van der Waals surface area contributed by atoms with E-state index < -0.39 is 6.04 Å². The highest BCUT2D eigenvalue weighted by Crippen LogP contribution is 2.25. The van der Waals surface area contributed by atoms with Crippen molar-refractivity contribution in [3.05, 3.63) is 98.5 Å². The van der Waals surface area contributed by atoms with Crippen LogP contribution >= 0.6 is 34.8 Å². The SMILES string of the molecule is CCCCNC(=O)[C@@H](Cc1ccccc1)N(Cc1ccc(Cl)c(Cl)c1)C(=O)COc1ccc(Cl)c(C)c1. The zero-order chi connectivity index (χ0) is 26.8. The van der Waals surface area contributed by atoms with Crippen LogP contribution in [0.1, 0.15) is 36.5 Å². The number of rotatable bonds is 12. The van der Waals surface area contributed by atoms with Crippen molar-refractivity contribution in [2.45, 2.75) is 45.7 Å². The average Bonchev–Trinajstić information content (AvgIpc) is 2.89. The molecule has 0 aromatic heterocycles. The molecule has 0 spiro atoms. The minimum absolute atomic E-state index is 0.164. The summed E-state index contributed by atoms with van der Waals surface area (Å²) in [5, 5.41) is 4.42. The maximum Gasteiger partial charge on any atom is 0.261 e. The molecule has 2 amide bonds. The van der Waals surface area contributed by atoms with Gasteiger partial charge in [0.15, 0.2) is 6.61 Å². The third-order valence-corrected chi connectivity index (χ3v) is 7.09. The maximum absolute atomic E-state index is 13.6. The van der Waals surface area contributed by atoms with Gasteiger partial charge in [-0.05, 0) is 60.4 Å². The van der Waals surface area contributed by atoms with Crippen molar-refractivity contribution in [3.8, 4) is 5.75 Å². The molecule has 0 saturated carbocycles. The first-order chi connectivity index (χ1) is 17.8. The van der Waals surface area contributed by atoms with Gasteiger partial charge in [-0.3, -0.25) is 9.59 Å². The highest BCUT2D eigenvalue weighted by Gasteiger charge is 2.30. The molecule has 0 saturated heterocycles. The topological polar surface area (TPSA) is 58.6 Å². The summed E-state index contributed by atoms with van der Waals surface area (Å²) in [5.74, 6) is -0.0185. The molecule has 3 aromatic carbocycles. The molecule has 8 heteroatoms. The molecule has 37 heavy (non-hydrogen) atoms. The fourth-order valence-corrected chi connectivity index (χ4v) is 4.27. The Hall–Kier alpha value is -2.73. The Morgan fingerprint density at radius 3 is 2.32 bits per heavy atom. The highest BCUT2D eigenvalue weighted by atomic mass is 35.5. The largest absolute Gasteiger partial charge is 0.484 e. The van der Waals surface area contributed by atoms with Gasteiger partial charge in [0, 0.05) is 24.5 Å². The first-order valence-corrected chi connectivity index (χ1v) is 13.4. The van der Waals surface area contributed by atoms with Crippen molar-refractivity contribution in [2.24, 2.45) is 0 Å². The number of carbonyl (C=O) groups is 2. The molecule has 3 rings (SSSR count). The number of benzene rings is 3. The van der Waals surface area contributed by atoms with E-state index in [1.807, 2.05) is 37.3 Å². The fourth-order valence-electron chi connectivity index (χ4n) is 3.83. The van der Waals surface area contributed by atoms with Crippen LogP contribution in [0.5, 0.6) is 5.75 Å². The van der Waals surface area contributed by atoms with E-state index in [1.165, 1.54) is 0 Å². The number of hydrogen-bond acceptors (Lipinski definition) is 3. The Bertz CT molecular complexity index is 1200. The monoisotopic (exact) mass is 560 g/mol. The summed E-state index contributed by atoms with van der Waals surface area (Å²) in [5.41, 5.74) is 2.54. The summed E-state index contributed by atoms with van der Waals surface area (Å²) in [6, 6.07) is 19.3. The van der Waals surface area contributed by atoms with Gasteiger partial charge in [-0.2, -0.15) is 0 Å². The van der Waals surface area contributed by atoms with Crippen LogP contribution in [0.2, 0.25) is 15.1 Å². The molecule has 5 nitrogen and oxygen atoms in total. The normalized spacial score (nSPS) is 11.6. The van der Waals surface area contributed by atoms with Gasteiger partial charge in [0.25, 0.3) is 5.91 Å². The second-order valence-electron chi connectivity index (χ2n) is 8.82. The van der Waals surface area contributed by atoms with E-state index in [4.69, 9.17) is 39.5 Å². The van der Waals surface area contributed by atoms with Gasteiger partial charge in [-0.25, -0.2) is 0 Å². The maximum atomic E-state index is 13.6. The van der Waals surface area contributed by atoms with Crippen LogP contribution in [0.4, 0.5) is 0 Å². The third-order valence-electron chi connectivity index (χ3n) is 5.93. The molecule has 0 aliphatic rings. The van der Waals surface area contributed by atoms with Gasteiger partial charge in [-0.1, -0.05) is 84.5 Å². The van der Waals surface area contributed by atoms with E-state index >= 15 is 0 Å². The fraction of sp³-hybridized carbons (Fsp3) is 0.310. The summed E-state index contributed by atoms with van der Waals surface area (Å²) >= 11 is 18.5. The number of ether oxygens (including phenoxy) is 1. The Morgan fingerprint density at radius 2 is 1.65 bits per heavy atom. The van der Waals surface area contributed by atoms with Crippen LogP contribution in [0, 0.1) is 6.92 Å². The Balaban J connectivity index is 1.91. The van der Waals surface area contributed by atoms with Gasteiger partial charge in [0.05, 0.1) is 10.0 Å². The Kier molecular flexibility index (Phi) is 11.1. The number of halogens is 3. The second kappa shape index (κ2) is 14.3. The molecule has 0 aliphatic carbocycles. The zero-order valence-electron chi connectivity index (χ0n) is 21.0. The molecule has 1 N–H and O–H groups in total. The van der Waals surface area contributed by atoms with E-state index in [2.05, 4.69) is 12.2 Å². The number of amides is 2. The Labute approximate surface area is 233 Å². The van der Waals surface area contributed by atoms with E-state index in [0.29, 0.717) is 33.8 Å². The number of carbonyl (C=O) groups excluding carboxylic acids is 2. The lowest BCUT2D eigenvalue weighted by molar-refractivity contribution is -0.142. The van der Waals surface area contributed by atoms with Crippen LogP contribution in [0.3, 0.4) is 0 Å². The second-order valence-corrected chi connectivity index (χ2v) is 10.0. The molecule has 0 aliphatic heterocycles. The van der Waals surface area contributed by atoms with Crippen molar-refractivity contribution in [3.63, 3.8) is 0 Å². The highest BCUT2D eigenvalue weighted by molar-refractivity contribution is 6.42. The predicted octanol–water partition coefficient (Wildman–Crippen LogP) is 6.89. The summed E-state index contributed by atoms with van der Waals surface area (Å²) < 4.78 is 5.82. The van der Waals surface area contributed by atoms with Crippen molar-refractivity contribution in [2.75, 3.05) is 13.2 Å². The van der Waals surface area contributed by atoms with Crippen molar-refractivity contribution < 1.29 is 14.3 Å². The van der Waals surface area contributed by atoms with Crippen LogP contribution in [0.25, 0.3) is 0 Å². The Morgan fingerprint density at radius 1 is 0.919 bits per heavy atom. The number of aryl methyl sites for hydroxylation is 1. The molecular weight excluding hydrogens is 531 g/mol. The van der Waals surface area contributed by atoms with Crippen molar-refractivity contribution >= 4 is 46.6 Å². The summed E-state index contributed by atoms with van der Waals surface area (Å²) in [7, 11) is 0. The lowest BCUT2D eigenvalue weighted by Crippen LogP contribution is -2.51. The molecule has 3 aromatic rings. The van der Waals surface area contributed by atoms with Crippen LogP contribution in [-0.4, -0.2) is 35.9 Å². The van der Waals surface area contributed by atoms with E-state index in [1.54, 1.807) is 41.3 Å². The minimum Gasteiger partial charge on any atom is -0.484 e. The minimum atomic E-state index is -0.753. The van der Waals surface area contributed by atoms with Gasteiger partial charge >= 0.3 is 0 Å². The van der Waals surface area contributed by atoms with Crippen molar-refractivity contribution in [1.82, 2.24) is 10.2 Å². The predicted molar refractivity (Wildman–Crippen MR) is 151 cm³/mol. The lowest BCUT2D eigenvalue weighted by Gasteiger charge is -2.31. The van der Waals surface area contributed by atoms with Crippen LogP contribution in [-0.2, 0) is 22.6 Å². The van der Waals surface area contributed by atoms with E-state index in [9.17, 15) is 9.59 Å². The van der Waals surface area contributed by atoms with Crippen LogP contribution in [0.15, 0.2) is 66.7 Å². The zero-order valence-corrected chi connectivity index (χ0v) is 23.2. The lowest BCUT2D eigenvalue weighted by atomic mass is 10.0. The molecule has 0 bridgehead atoms. The molecule has 0 radical (unpaired) electrons. The first-order valence-electron chi connectivity index (χ1n) is 12.2. The van der Waals surface area contributed by atoms with Crippen molar-refractivity contribution in [1.29, 1.82) is 0 Å². The quantitative estimate of drug-likeness (QED) is 0.245. The van der Waals surface area contributed by atoms with Gasteiger partial charge in [0.1, 0.15) is 11.8 Å². The number of hydrogen-bond donors (Lipinski definition) is 1. The summed E-state index contributed by atoms with van der Waals surface area (Å²) in [4.78, 5) is 28.6. The molecule has 0 heterocycles. The summed E-state index contributed by atoms with van der Waals surface area (Å²) in [6.45, 7) is 4.39. The smallest absolute Gasteiger partial charge is 0.261 e. The third kappa shape index (κ3) is 8.67.